The van der Waals surface area contributed by atoms with Crippen molar-refractivity contribution in [3.05, 3.63) is 12.1 Å². The third-order valence-corrected chi connectivity index (χ3v) is 2.20. The first-order chi connectivity index (χ1) is 8.20. The van der Waals surface area contributed by atoms with Crippen molar-refractivity contribution in [2.24, 2.45) is 0 Å². The van der Waals surface area contributed by atoms with Crippen LogP contribution in [-0.4, -0.2) is 49.4 Å². The molecule has 0 saturated heterocycles. The van der Waals surface area contributed by atoms with Gasteiger partial charge in [0.05, 0.1) is 0 Å². The van der Waals surface area contributed by atoms with E-state index in [1.807, 2.05) is 6.92 Å². The molecule has 0 fully saturated rings. The van der Waals surface area contributed by atoms with Gasteiger partial charge in [0.15, 0.2) is 11.5 Å². The van der Waals surface area contributed by atoms with E-state index in [1.165, 1.54) is 4.63 Å². The van der Waals surface area contributed by atoms with E-state index >= 15 is 0 Å². The molecule has 0 aliphatic carbocycles. The average molecular weight is 236 g/mol. The Hall–Kier alpha value is -2.25. The number of carboxylic acids is 1. The average Bonchev–Trinajstić information content (AvgIpc) is 2.74. The van der Waals surface area contributed by atoms with Gasteiger partial charge in [0.25, 0.3) is 0 Å². The Morgan fingerprint density at radius 1 is 1.53 bits per heavy atom. The van der Waals surface area contributed by atoms with Crippen molar-refractivity contribution in [2.45, 2.75) is 13.3 Å². The van der Waals surface area contributed by atoms with Gasteiger partial charge in [-0.2, -0.15) is 0 Å². The second kappa shape index (κ2) is 4.73. The van der Waals surface area contributed by atoms with Crippen molar-refractivity contribution < 1.29 is 9.90 Å². The van der Waals surface area contributed by atoms with Crippen LogP contribution >= 0.6 is 0 Å². The van der Waals surface area contributed by atoms with E-state index < -0.39 is 5.97 Å². The van der Waals surface area contributed by atoms with Gasteiger partial charge < -0.3 is 10.0 Å². The van der Waals surface area contributed by atoms with E-state index in [0.29, 0.717) is 18.0 Å². The fourth-order valence-corrected chi connectivity index (χ4v) is 1.52. The Balaban J connectivity index is 2.29. The number of tetrazole rings is 1. The molecule has 0 spiro atoms. The van der Waals surface area contributed by atoms with Crippen LogP contribution in [0.1, 0.15) is 13.3 Å². The third-order valence-electron chi connectivity index (χ3n) is 2.20. The van der Waals surface area contributed by atoms with Gasteiger partial charge >= 0.3 is 5.97 Å². The molecule has 17 heavy (non-hydrogen) atoms. The third kappa shape index (κ3) is 2.47. The van der Waals surface area contributed by atoms with Crippen LogP contribution in [-0.2, 0) is 4.79 Å². The summed E-state index contributed by atoms with van der Waals surface area (Å²) in [5, 5.41) is 23.9. The molecule has 0 aliphatic rings. The molecule has 0 atom stereocenters. The molecule has 0 aromatic carbocycles. The highest BCUT2D eigenvalue weighted by atomic mass is 16.4. The lowest BCUT2D eigenvalue weighted by Crippen LogP contribution is -2.31. The van der Waals surface area contributed by atoms with Gasteiger partial charge in [-0.1, -0.05) is 6.92 Å². The van der Waals surface area contributed by atoms with Crippen LogP contribution in [0.3, 0.4) is 0 Å². The summed E-state index contributed by atoms with van der Waals surface area (Å²) in [6, 6.07) is 3.41. The summed E-state index contributed by atoms with van der Waals surface area (Å²) in [5.41, 5.74) is 0.528. The zero-order valence-corrected chi connectivity index (χ0v) is 9.31. The summed E-state index contributed by atoms with van der Waals surface area (Å²) in [6.07, 6.45) is 0.836. The van der Waals surface area contributed by atoms with E-state index in [9.17, 15) is 4.79 Å². The Bertz CT molecular complexity index is 525. The Kier molecular flexibility index (Phi) is 3.12. The van der Waals surface area contributed by atoms with Gasteiger partial charge in [-0.05, 0) is 29.0 Å². The van der Waals surface area contributed by atoms with Gasteiger partial charge in [0, 0.05) is 6.54 Å². The van der Waals surface area contributed by atoms with E-state index in [4.69, 9.17) is 5.11 Å². The lowest BCUT2D eigenvalue weighted by atomic mass is 10.3. The van der Waals surface area contributed by atoms with Crippen molar-refractivity contribution in [3.8, 4) is 0 Å². The molecule has 2 rings (SSSR count). The van der Waals surface area contributed by atoms with E-state index in [2.05, 4.69) is 20.6 Å². The molecular weight excluding hydrogens is 224 g/mol. The highest BCUT2D eigenvalue weighted by molar-refractivity contribution is 5.73. The van der Waals surface area contributed by atoms with Crippen molar-refractivity contribution in [1.29, 1.82) is 0 Å². The number of aromatic nitrogens is 5. The molecular formula is C9H12N6O2. The predicted octanol–water partition coefficient (Wildman–Crippen LogP) is -0.180. The van der Waals surface area contributed by atoms with E-state index in [0.717, 1.165) is 6.42 Å². The fraction of sp³-hybridized carbons (Fsp3) is 0.444. The summed E-state index contributed by atoms with van der Waals surface area (Å²) in [4.78, 5) is 12.4. The van der Waals surface area contributed by atoms with Gasteiger partial charge in [0.1, 0.15) is 6.54 Å². The summed E-state index contributed by atoms with van der Waals surface area (Å²) in [5.74, 6) is -0.342. The summed E-state index contributed by atoms with van der Waals surface area (Å²) in [7, 11) is 0. The maximum absolute atomic E-state index is 10.8. The van der Waals surface area contributed by atoms with Crippen LogP contribution in [0, 0.1) is 0 Å². The topological polar surface area (TPSA) is 96.5 Å². The molecule has 8 nitrogen and oxygen atoms in total. The fourth-order valence-electron chi connectivity index (χ4n) is 1.52. The summed E-state index contributed by atoms with van der Waals surface area (Å²) >= 11 is 0. The Morgan fingerprint density at radius 3 is 3.06 bits per heavy atom. The first-order valence-electron chi connectivity index (χ1n) is 5.23. The van der Waals surface area contributed by atoms with Gasteiger partial charge in [-0.15, -0.1) is 14.8 Å². The highest BCUT2D eigenvalue weighted by Crippen LogP contribution is 2.10. The van der Waals surface area contributed by atoms with Gasteiger partial charge in [0.2, 0.25) is 0 Å². The number of carbonyl (C=O) groups is 1. The molecule has 0 amide bonds. The molecule has 0 saturated carbocycles. The number of anilines is 1. The molecule has 2 aromatic heterocycles. The first-order valence-corrected chi connectivity index (χ1v) is 5.23. The van der Waals surface area contributed by atoms with Crippen LogP contribution in [0.25, 0.3) is 5.65 Å². The SMILES string of the molecule is CCCN(CC(=O)O)c1ccc2nnnn2n1. The minimum absolute atomic E-state index is 0.0888. The molecule has 2 heterocycles. The van der Waals surface area contributed by atoms with Crippen LogP contribution in [0.15, 0.2) is 12.1 Å². The van der Waals surface area contributed by atoms with Gasteiger partial charge in [-0.25, -0.2) is 0 Å². The number of aliphatic carboxylic acids is 1. The standard InChI is InChI=1S/C9H12N6O2/c1-2-5-14(6-9(16)17)8-4-3-7-10-12-13-15(7)11-8/h3-4H,2,5-6H2,1H3,(H,16,17). The minimum Gasteiger partial charge on any atom is -0.480 e. The van der Waals surface area contributed by atoms with Crippen LogP contribution < -0.4 is 4.90 Å². The number of rotatable bonds is 5. The summed E-state index contributed by atoms with van der Waals surface area (Å²) < 4.78 is 1.28. The highest BCUT2D eigenvalue weighted by Gasteiger charge is 2.12. The van der Waals surface area contributed by atoms with Crippen molar-refractivity contribution in [3.63, 3.8) is 0 Å². The maximum Gasteiger partial charge on any atom is 0.323 e. The second-order valence-electron chi connectivity index (χ2n) is 3.53. The number of nitrogens with zero attached hydrogens (tertiary/aromatic N) is 6. The van der Waals surface area contributed by atoms with Crippen molar-refractivity contribution >= 4 is 17.4 Å². The molecule has 2 aromatic rings. The predicted molar refractivity (Wildman–Crippen MR) is 58.7 cm³/mol. The van der Waals surface area contributed by atoms with E-state index in [-0.39, 0.29) is 6.54 Å². The zero-order valence-electron chi connectivity index (χ0n) is 9.31. The van der Waals surface area contributed by atoms with Crippen molar-refractivity contribution in [2.75, 3.05) is 18.0 Å². The van der Waals surface area contributed by atoms with Crippen molar-refractivity contribution in [1.82, 2.24) is 25.3 Å². The lowest BCUT2D eigenvalue weighted by molar-refractivity contribution is -0.135. The lowest BCUT2D eigenvalue weighted by Gasteiger charge is -2.20. The normalized spacial score (nSPS) is 10.6. The van der Waals surface area contributed by atoms with Crippen LogP contribution in [0.5, 0.6) is 0 Å². The van der Waals surface area contributed by atoms with Gasteiger partial charge in [-0.3, -0.25) is 4.79 Å². The Morgan fingerprint density at radius 2 is 2.35 bits per heavy atom. The summed E-state index contributed by atoms with van der Waals surface area (Å²) in [6.45, 7) is 2.51. The maximum atomic E-state index is 10.8. The van der Waals surface area contributed by atoms with Crippen LogP contribution in [0.4, 0.5) is 5.82 Å². The van der Waals surface area contributed by atoms with Crippen LogP contribution in [0.2, 0.25) is 0 Å². The molecule has 8 heteroatoms. The monoisotopic (exact) mass is 236 g/mol. The van der Waals surface area contributed by atoms with E-state index in [1.54, 1.807) is 17.0 Å². The molecule has 1 N–H and O–H groups in total. The quantitative estimate of drug-likeness (QED) is 0.769. The molecule has 0 unspecified atom stereocenters. The molecule has 0 aliphatic heterocycles. The first kappa shape index (κ1) is 11.2. The minimum atomic E-state index is -0.892. The Labute approximate surface area is 96.8 Å². The molecule has 0 bridgehead atoms. The number of hydrogen-bond donors (Lipinski definition) is 1. The molecule has 0 radical (unpaired) electrons. The zero-order chi connectivity index (χ0) is 12.3. The number of hydrogen-bond acceptors (Lipinski definition) is 6. The number of carboxylic acid groups (broad SMARTS) is 1. The largest absolute Gasteiger partial charge is 0.480 e. The number of fused-ring (bicyclic) bond motifs is 1. The molecule has 90 valence electrons. The second-order valence-corrected chi connectivity index (χ2v) is 3.53. The smallest absolute Gasteiger partial charge is 0.323 e.